The minimum Gasteiger partial charge on any atom is -0.480 e. The van der Waals surface area contributed by atoms with E-state index in [1.807, 2.05) is 5.32 Å². The molecule has 0 heterocycles. The Morgan fingerprint density at radius 3 is 2.06 bits per heavy atom. The first-order valence-corrected chi connectivity index (χ1v) is 4.66. The van der Waals surface area contributed by atoms with Crippen molar-refractivity contribution in [1.29, 1.82) is 0 Å². The van der Waals surface area contributed by atoms with Gasteiger partial charge in [0.2, 0.25) is 0 Å². The fourth-order valence-corrected chi connectivity index (χ4v) is 0.956. The molecule has 0 aromatic carbocycles. The Hall–Kier alpha value is -1.47. The highest BCUT2D eigenvalue weighted by Crippen LogP contribution is 2.20. The van der Waals surface area contributed by atoms with Gasteiger partial charge in [-0.2, -0.15) is 13.2 Å². The van der Waals surface area contributed by atoms with E-state index in [4.69, 9.17) is 5.11 Å². The number of alkyl carbamates (subject to hydrolysis) is 1. The fourth-order valence-electron chi connectivity index (χ4n) is 0.956. The SMILES string of the molecule is CC(C)(C)[C@H](NC(=O)OCC(F)(F)F)C(=O)O. The molecule has 100 valence electrons. The summed E-state index contributed by atoms with van der Waals surface area (Å²) in [4.78, 5) is 21.7. The number of hydrogen-bond acceptors (Lipinski definition) is 3. The van der Waals surface area contributed by atoms with Crippen molar-refractivity contribution in [2.75, 3.05) is 6.61 Å². The van der Waals surface area contributed by atoms with Crippen LogP contribution >= 0.6 is 0 Å². The zero-order chi connectivity index (χ0) is 13.9. The average molecular weight is 257 g/mol. The second-order valence-electron chi connectivity index (χ2n) is 4.47. The van der Waals surface area contributed by atoms with Crippen molar-refractivity contribution in [3.8, 4) is 0 Å². The zero-order valence-electron chi connectivity index (χ0n) is 9.59. The molecule has 0 saturated heterocycles. The second-order valence-corrected chi connectivity index (χ2v) is 4.47. The van der Waals surface area contributed by atoms with Crippen LogP contribution in [0.4, 0.5) is 18.0 Å². The third-order valence-electron chi connectivity index (χ3n) is 1.74. The maximum Gasteiger partial charge on any atom is 0.422 e. The number of halogens is 3. The number of carboxylic acids is 1. The van der Waals surface area contributed by atoms with Crippen molar-refractivity contribution in [2.45, 2.75) is 33.0 Å². The Balaban J connectivity index is 4.39. The van der Waals surface area contributed by atoms with E-state index >= 15 is 0 Å². The van der Waals surface area contributed by atoms with Crippen LogP contribution in [0.2, 0.25) is 0 Å². The lowest BCUT2D eigenvalue weighted by atomic mass is 9.87. The van der Waals surface area contributed by atoms with Gasteiger partial charge in [-0.3, -0.25) is 0 Å². The van der Waals surface area contributed by atoms with E-state index in [0.29, 0.717) is 0 Å². The number of carbonyl (C=O) groups excluding carboxylic acids is 1. The first-order chi connectivity index (χ1) is 7.43. The molecule has 8 heteroatoms. The van der Waals surface area contributed by atoms with Crippen LogP contribution in [0.1, 0.15) is 20.8 Å². The van der Waals surface area contributed by atoms with Gasteiger partial charge in [0, 0.05) is 0 Å². The highest BCUT2D eigenvalue weighted by molar-refractivity contribution is 5.80. The third-order valence-corrected chi connectivity index (χ3v) is 1.74. The maximum atomic E-state index is 11.7. The van der Waals surface area contributed by atoms with Crippen LogP contribution in [0.5, 0.6) is 0 Å². The standard InChI is InChI=1S/C9H14F3NO4/c1-8(2,3)5(6(14)15)13-7(16)17-4-9(10,11)12/h5H,4H2,1-3H3,(H,13,16)(H,14,15)/t5-/m1/s1. The van der Waals surface area contributed by atoms with E-state index in [0.717, 1.165) is 0 Å². The number of alkyl halides is 3. The topological polar surface area (TPSA) is 75.6 Å². The van der Waals surface area contributed by atoms with Crippen LogP contribution in [-0.4, -0.2) is 36.0 Å². The molecule has 0 aromatic heterocycles. The van der Waals surface area contributed by atoms with Gasteiger partial charge >= 0.3 is 18.2 Å². The van der Waals surface area contributed by atoms with Gasteiger partial charge in [0.25, 0.3) is 0 Å². The highest BCUT2D eigenvalue weighted by Gasteiger charge is 2.35. The lowest BCUT2D eigenvalue weighted by Gasteiger charge is -2.27. The third kappa shape index (κ3) is 6.64. The minimum absolute atomic E-state index is 0.844. The van der Waals surface area contributed by atoms with Gasteiger partial charge in [0.05, 0.1) is 0 Å². The van der Waals surface area contributed by atoms with E-state index in [1.165, 1.54) is 20.8 Å². The van der Waals surface area contributed by atoms with Gasteiger partial charge in [0.1, 0.15) is 6.04 Å². The molecule has 0 aromatic rings. The predicted molar refractivity (Wildman–Crippen MR) is 51.4 cm³/mol. The van der Waals surface area contributed by atoms with Crippen LogP contribution in [0.25, 0.3) is 0 Å². The zero-order valence-corrected chi connectivity index (χ0v) is 9.59. The minimum atomic E-state index is -4.64. The van der Waals surface area contributed by atoms with Crippen LogP contribution < -0.4 is 5.32 Å². The van der Waals surface area contributed by atoms with Crippen molar-refractivity contribution in [1.82, 2.24) is 5.32 Å². The molecule has 2 N–H and O–H groups in total. The summed E-state index contributed by atoms with van der Waals surface area (Å²) in [5, 5.41) is 10.7. The smallest absolute Gasteiger partial charge is 0.422 e. The first-order valence-electron chi connectivity index (χ1n) is 4.66. The second kappa shape index (κ2) is 5.24. The molecule has 0 aliphatic rings. The van der Waals surface area contributed by atoms with Crippen molar-refractivity contribution in [3.05, 3.63) is 0 Å². The van der Waals surface area contributed by atoms with Crippen LogP contribution in [0, 0.1) is 5.41 Å². The quantitative estimate of drug-likeness (QED) is 0.808. The summed E-state index contributed by atoms with van der Waals surface area (Å²) in [6.07, 6.45) is -6.05. The molecule has 0 unspecified atom stereocenters. The van der Waals surface area contributed by atoms with Crippen LogP contribution in [0.3, 0.4) is 0 Å². The number of aliphatic carboxylic acids is 1. The van der Waals surface area contributed by atoms with Gasteiger partial charge in [-0.25, -0.2) is 9.59 Å². The van der Waals surface area contributed by atoms with Gasteiger partial charge in [-0.15, -0.1) is 0 Å². The molecule has 0 radical (unpaired) electrons. The maximum absolute atomic E-state index is 11.7. The summed E-state index contributed by atoms with van der Waals surface area (Å²) in [6, 6.07) is -1.33. The molecule has 0 aliphatic carbocycles. The van der Waals surface area contributed by atoms with E-state index in [1.54, 1.807) is 0 Å². The summed E-state index contributed by atoms with van der Waals surface area (Å²) in [6.45, 7) is 2.82. The molecule has 0 saturated carbocycles. The monoisotopic (exact) mass is 257 g/mol. The van der Waals surface area contributed by atoms with Gasteiger partial charge in [-0.05, 0) is 5.41 Å². The number of hydrogen-bond donors (Lipinski definition) is 2. The highest BCUT2D eigenvalue weighted by atomic mass is 19.4. The van der Waals surface area contributed by atoms with E-state index in [2.05, 4.69) is 4.74 Å². The molecule has 0 fully saturated rings. The lowest BCUT2D eigenvalue weighted by molar-refractivity contribution is -0.160. The molecule has 1 atom stereocenters. The fraction of sp³-hybridized carbons (Fsp3) is 0.778. The van der Waals surface area contributed by atoms with Crippen molar-refractivity contribution in [3.63, 3.8) is 0 Å². The predicted octanol–water partition coefficient (Wildman–Crippen LogP) is 1.77. The molecule has 0 aliphatic heterocycles. The number of rotatable bonds is 3. The summed E-state index contributed by atoms with van der Waals surface area (Å²) >= 11 is 0. The molecule has 17 heavy (non-hydrogen) atoms. The molecule has 0 rings (SSSR count). The van der Waals surface area contributed by atoms with Crippen molar-refractivity contribution < 1.29 is 32.6 Å². The molecule has 1 amide bonds. The largest absolute Gasteiger partial charge is 0.480 e. The van der Waals surface area contributed by atoms with E-state index < -0.39 is 36.3 Å². The van der Waals surface area contributed by atoms with E-state index in [-0.39, 0.29) is 0 Å². The summed E-state index contributed by atoms with van der Waals surface area (Å²) in [5.41, 5.74) is -0.844. The van der Waals surface area contributed by atoms with Crippen molar-refractivity contribution in [2.24, 2.45) is 5.41 Å². The molecular formula is C9H14F3NO4. The Morgan fingerprint density at radius 2 is 1.76 bits per heavy atom. The number of nitrogens with one attached hydrogen (secondary N) is 1. The van der Waals surface area contributed by atoms with E-state index in [9.17, 15) is 22.8 Å². The summed E-state index contributed by atoms with van der Waals surface area (Å²) < 4.78 is 39.0. The molecule has 0 spiro atoms. The number of ether oxygens (including phenoxy) is 1. The van der Waals surface area contributed by atoms with Gasteiger partial charge in [0.15, 0.2) is 6.61 Å². The number of carbonyl (C=O) groups is 2. The molecule has 0 bridgehead atoms. The first kappa shape index (κ1) is 15.5. The summed E-state index contributed by atoms with van der Waals surface area (Å²) in [7, 11) is 0. The Bertz CT molecular complexity index is 296. The van der Waals surface area contributed by atoms with Gasteiger partial charge in [-0.1, -0.05) is 20.8 Å². The average Bonchev–Trinajstić information content (AvgIpc) is 2.07. The Morgan fingerprint density at radius 1 is 1.29 bits per heavy atom. The lowest BCUT2D eigenvalue weighted by Crippen LogP contribution is -2.49. The molecular weight excluding hydrogens is 243 g/mol. The normalized spacial score (nSPS) is 14.0. The molecule has 5 nitrogen and oxygen atoms in total. The van der Waals surface area contributed by atoms with Crippen LogP contribution in [-0.2, 0) is 9.53 Å². The Kier molecular flexibility index (Phi) is 4.79. The van der Waals surface area contributed by atoms with Gasteiger partial charge < -0.3 is 15.2 Å². The number of carboxylic acid groups (broad SMARTS) is 1. The van der Waals surface area contributed by atoms with Crippen LogP contribution in [0.15, 0.2) is 0 Å². The van der Waals surface area contributed by atoms with Crippen molar-refractivity contribution >= 4 is 12.1 Å². The Labute approximate surface area is 95.9 Å². The summed E-state index contributed by atoms with van der Waals surface area (Å²) in [5.74, 6) is -1.35. The number of amides is 1.